The number of carbonyl (C=O) groups is 2. The molecule has 1 amide bonds. The second kappa shape index (κ2) is 7.64. The SMILES string of the molecule is O=C(COC(=O)/C=C/c1ccco1)N[C@@H]1CCCc2ccccc21. The highest BCUT2D eigenvalue weighted by Gasteiger charge is 2.21. The van der Waals surface area contributed by atoms with Gasteiger partial charge in [-0.3, -0.25) is 4.79 Å². The molecule has 0 saturated heterocycles. The third kappa shape index (κ3) is 4.13. The molecule has 0 fully saturated rings. The van der Waals surface area contributed by atoms with Gasteiger partial charge in [0.1, 0.15) is 5.76 Å². The number of fused-ring (bicyclic) bond motifs is 1. The van der Waals surface area contributed by atoms with Crippen LogP contribution in [-0.2, 0) is 20.7 Å². The maximum atomic E-state index is 12.0. The van der Waals surface area contributed by atoms with E-state index in [4.69, 9.17) is 9.15 Å². The van der Waals surface area contributed by atoms with E-state index >= 15 is 0 Å². The van der Waals surface area contributed by atoms with Crippen LogP contribution in [0.15, 0.2) is 53.2 Å². The number of hydrogen-bond donors (Lipinski definition) is 1. The summed E-state index contributed by atoms with van der Waals surface area (Å²) in [5.41, 5.74) is 2.42. The molecular formula is C19H19NO4. The van der Waals surface area contributed by atoms with E-state index in [1.807, 2.05) is 18.2 Å². The van der Waals surface area contributed by atoms with Crippen LogP contribution in [0.25, 0.3) is 6.08 Å². The van der Waals surface area contributed by atoms with Crippen LogP contribution in [0.4, 0.5) is 0 Å². The van der Waals surface area contributed by atoms with Crippen molar-refractivity contribution in [3.63, 3.8) is 0 Å². The molecule has 0 radical (unpaired) electrons. The topological polar surface area (TPSA) is 68.5 Å². The summed E-state index contributed by atoms with van der Waals surface area (Å²) in [5, 5.41) is 2.94. The van der Waals surface area contributed by atoms with Crippen LogP contribution in [0.3, 0.4) is 0 Å². The fraction of sp³-hybridized carbons (Fsp3) is 0.263. The van der Waals surface area contributed by atoms with Gasteiger partial charge in [-0.15, -0.1) is 0 Å². The van der Waals surface area contributed by atoms with E-state index in [0.29, 0.717) is 5.76 Å². The molecule has 0 saturated carbocycles. The summed E-state index contributed by atoms with van der Waals surface area (Å²) >= 11 is 0. The van der Waals surface area contributed by atoms with Gasteiger partial charge in [-0.25, -0.2) is 4.79 Å². The van der Waals surface area contributed by atoms with Crippen LogP contribution in [0.2, 0.25) is 0 Å². The number of carbonyl (C=O) groups excluding carboxylic acids is 2. The number of nitrogens with one attached hydrogen (secondary N) is 1. The summed E-state index contributed by atoms with van der Waals surface area (Å²) in [5.74, 6) is -0.322. The number of amides is 1. The number of furan rings is 1. The number of rotatable bonds is 5. The molecule has 0 spiro atoms. The van der Waals surface area contributed by atoms with Gasteiger partial charge in [-0.05, 0) is 48.6 Å². The van der Waals surface area contributed by atoms with Crippen LogP contribution >= 0.6 is 0 Å². The quantitative estimate of drug-likeness (QED) is 0.678. The first-order valence-electron chi connectivity index (χ1n) is 7.98. The van der Waals surface area contributed by atoms with Gasteiger partial charge < -0.3 is 14.5 Å². The normalized spacial score (nSPS) is 16.6. The summed E-state index contributed by atoms with van der Waals surface area (Å²) in [7, 11) is 0. The minimum atomic E-state index is -0.578. The Kier molecular flexibility index (Phi) is 5.11. The highest BCUT2D eigenvalue weighted by Crippen LogP contribution is 2.29. The molecule has 1 atom stereocenters. The lowest BCUT2D eigenvalue weighted by molar-refractivity contribution is -0.144. The molecule has 5 heteroatoms. The average Bonchev–Trinajstić information content (AvgIpc) is 3.12. The molecule has 1 N–H and O–H groups in total. The zero-order chi connectivity index (χ0) is 16.8. The van der Waals surface area contributed by atoms with E-state index in [1.165, 1.54) is 24.0 Å². The van der Waals surface area contributed by atoms with Crippen molar-refractivity contribution in [1.82, 2.24) is 5.32 Å². The van der Waals surface area contributed by atoms with Gasteiger partial charge in [0.05, 0.1) is 12.3 Å². The van der Waals surface area contributed by atoms with Crippen LogP contribution in [0, 0.1) is 0 Å². The second-order valence-corrected chi connectivity index (χ2v) is 5.67. The standard InChI is InChI=1S/C19H19NO4/c21-18(13-24-19(22)11-10-15-7-4-12-23-15)20-17-9-3-6-14-5-1-2-8-16(14)17/h1-2,4-5,7-8,10-12,17H,3,6,9,13H2,(H,20,21)/b11-10+/t17-/m1/s1. The summed E-state index contributed by atoms with van der Waals surface area (Å²) < 4.78 is 10.0. The molecule has 0 aliphatic heterocycles. The second-order valence-electron chi connectivity index (χ2n) is 5.67. The Labute approximate surface area is 140 Å². The maximum Gasteiger partial charge on any atom is 0.331 e. The zero-order valence-corrected chi connectivity index (χ0v) is 13.2. The Balaban J connectivity index is 1.49. The van der Waals surface area contributed by atoms with E-state index in [9.17, 15) is 9.59 Å². The largest absolute Gasteiger partial charge is 0.465 e. The zero-order valence-electron chi connectivity index (χ0n) is 13.2. The van der Waals surface area contributed by atoms with Gasteiger partial charge in [0.15, 0.2) is 6.61 Å². The fourth-order valence-electron chi connectivity index (χ4n) is 2.86. The van der Waals surface area contributed by atoms with Gasteiger partial charge in [-0.2, -0.15) is 0 Å². The number of ether oxygens (including phenoxy) is 1. The molecule has 2 aromatic rings. The molecule has 1 aliphatic rings. The van der Waals surface area contributed by atoms with Crippen LogP contribution in [0.1, 0.15) is 35.8 Å². The van der Waals surface area contributed by atoms with Crippen molar-refractivity contribution in [1.29, 1.82) is 0 Å². The highest BCUT2D eigenvalue weighted by atomic mass is 16.5. The molecule has 5 nitrogen and oxygen atoms in total. The first-order chi connectivity index (χ1) is 11.7. The molecule has 1 aromatic heterocycles. The maximum absolute atomic E-state index is 12.0. The predicted molar refractivity (Wildman–Crippen MR) is 89.0 cm³/mol. The Bertz CT molecular complexity index is 734. The molecule has 124 valence electrons. The van der Waals surface area contributed by atoms with Gasteiger partial charge in [0, 0.05) is 6.08 Å². The number of esters is 1. The Morgan fingerprint density at radius 3 is 2.96 bits per heavy atom. The smallest absolute Gasteiger partial charge is 0.331 e. The first-order valence-corrected chi connectivity index (χ1v) is 7.98. The molecule has 3 rings (SSSR count). The first kappa shape index (κ1) is 16.1. The summed E-state index contributed by atoms with van der Waals surface area (Å²) in [6, 6.07) is 11.5. The molecule has 0 unspecified atom stereocenters. The van der Waals surface area contributed by atoms with Crippen molar-refractivity contribution in [3.8, 4) is 0 Å². The summed E-state index contributed by atoms with van der Waals surface area (Å²) in [6.07, 6.45) is 7.22. The third-order valence-corrected chi connectivity index (χ3v) is 3.98. The highest BCUT2D eigenvalue weighted by molar-refractivity contribution is 5.89. The van der Waals surface area contributed by atoms with Crippen molar-refractivity contribution < 1.29 is 18.7 Å². The molecule has 1 heterocycles. The predicted octanol–water partition coefficient (Wildman–Crippen LogP) is 3.03. The third-order valence-electron chi connectivity index (χ3n) is 3.98. The number of hydrogen-bond acceptors (Lipinski definition) is 4. The van der Waals surface area contributed by atoms with Gasteiger partial charge in [0.25, 0.3) is 5.91 Å². The fourth-order valence-corrected chi connectivity index (χ4v) is 2.86. The lowest BCUT2D eigenvalue weighted by Crippen LogP contribution is -2.34. The van der Waals surface area contributed by atoms with Crippen molar-refractivity contribution in [2.24, 2.45) is 0 Å². The summed E-state index contributed by atoms with van der Waals surface area (Å²) in [6.45, 7) is -0.292. The van der Waals surface area contributed by atoms with Crippen molar-refractivity contribution in [2.75, 3.05) is 6.61 Å². The van der Waals surface area contributed by atoms with E-state index in [-0.39, 0.29) is 18.6 Å². The Morgan fingerprint density at radius 1 is 1.25 bits per heavy atom. The monoisotopic (exact) mass is 325 g/mol. The van der Waals surface area contributed by atoms with Crippen LogP contribution < -0.4 is 5.32 Å². The van der Waals surface area contributed by atoms with Crippen LogP contribution in [-0.4, -0.2) is 18.5 Å². The van der Waals surface area contributed by atoms with E-state index < -0.39 is 5.97 Å². The number of benzene rings is 1. The van der Waals surface area contributed by atoms with Crippen molar-refractivity contribution >= 4 is 18.0 Å². The van der Waals surface area contributed by atoms with E-state index in [1.54, 1.807) is 12.1 Å². The molecule has 24 heavy (non-hydrogen) atoms. The minimum Gasteiger partial charge on any atom is -0.465 e. The summed E-state index contributed by atoms with van der Waals surface area (Å²) in [4.78, 5) is 23.6. The molecule has 1 aromatic carbocycles. The molecule has 0 bridgehead atoms. The van der Waals surface area contributed by atoms with E-state index in [0.717, 1.165) is 24.8 Å². The van der Waals surface area contributed by atoms with Gasteiger partial charge >= 0.3 is 5.97 Å². The average molecular weight is 325 g/mol. The van der Waals surface area contributed by atoms with Crippen molar-refractivity contribution in [2.45, 2.75) is 25.3 Å². The molecular weight excluding hydrogens is 306 g/mol. The lowest BCUT2D eigenvalue weighted by Gasteiger charge is -2.26. The lowest BCUT2D eigenvalue weighted by atomic mass is 9.88. The Hall–Kier alpha value is -2.82. The molecule has 1 aliphatic carbocycles. The van der Waals surface area contributed by atoms with Gasteiger partial charge in [0.2, 0.25) is 0 Å². The van der Waals surface area contributed by atoms with Gasteiger partial charge in [-0.1, -0.05) is 24.3 Å². The van der Waals surface area contributed by atoms with Crippen molar-refractivity contribution in [3.05, 3.63) is 65.6 Å². The number of aryl methyl sites for hydroxylation is 1. The van der Waals surface area contributed by atoms with E-state index in [2.05, 4.69) is 11.4 Å². The van der Waals surface area contributed by atoms with Crippen LogP contribution in [0.5, 0.6) is 0 Å². The minimum absolute atomic E-state index is 0.0141. The Morgan fingerprint density at radius 2 is 2.12 bits per heavy atom.